The first-order valence-electron chi connectivity index (χ1n) is 23.8. The van der Waals surface area contributed by atoms with Crippen LogP contribution in [0.4, 0.5) is 4.79 Å². The molecule has 1 amide bonds. The van der Waals surface area contributed by atoms with Crippen LogP contribution in [-0.4, -0.2) is 66.0 Å². The molecular weight excluding hydrogens is 797 g/mol. The molecule has 3 aliphatic rings. The highest BCUT2D eigenvalue weighted by Crippen LogP contribution is 2.63. The summed E-state index contributed by atoms with van der Waals surface area (Å²) in [6, 6.07) is 20.8. The van der Waals surface area contributed by atoms with E-state index in [9.17, 15) is 15.0 Å². The van der Waals surface area contributed by atoms with E-state index in [0.717, 1.165) is 66.7 Å². The number of benzene rings is 3. The molecule has 0 bridgehead atoms. The van der Waals surface area contributed by atoms with E-state index in [1.807, 2.05) is 25.1 Å². The van der Waals surface area contributed by atoms with E-state index in [1.165, 1.54) is 62.1 Å². The third-order valence-electron chi connectivity index (χ3n) is 12.9. The van der Waals surface area contributed by atoms with Gasteiger partial charge in [-0.15, -0.1) is 18.3 Å². The molecule has 0 radical (unpaired) electrons. The van der Waals surface area contributed by atoms with Gasteiger partial charge in [0.15, 0.2) is 0 Å². The minimum Gasteiger partial charge on any atom is -0.460 e. The molecule has 1 saturated carbocycles. The van der Waals surface area contributed by atoms with Crippen molar-refractivity contribution in [3.8, 4) is 11.5 Å². The topological polar surface area (TPSA) is 119 Å². The Kier molecular flexibility index (Phi) is 19.1. The van der Waals surface area contributed by atoms with Gasteiger partial charge in [-0.05, 0) is 97.5 Å². The van der Waals surface area contributed by atoms with Crippen LogP contribution in [0.25, 0.3) is 10.8 Å². The predicted octanol–water partition coefficient (Wildman–Crippen LogP) is 12.3. The van der Waals surface area contributed by atoms with Crippen molar-refractivity contribution in [2.45, 2.75) is 145 Å². The largest absolute Gasteiger partial charge is 0.460 e. The lowest BCUT2D eigenvalue weighted by Crippen LogP contribution is -2.64. The molecule has 0 spiro atoms. The number of aliphatic hydroxyl groups is 2. The number of amides is 1. The summed E-state index contributed by atoms with van der Waals surface area (Å²) >= 11 is 1.75. The van der Waals surface area contributed by atoms with Crippen molar-refractivity contribution < 1.29 is 34.1 Å². The lowest BCUT2D eigenvalue weighted by molar-refractivity contribution is -0.223. The first kappa shape index (κ1) is 47.6. The Hall–Kier alpha value is -3.83. The maximum absolute atomic E-state index is 13.3. The smallest absolute Gasteiger partial charge is 0.412 e. The number of carbonyl (C=O) groups excluding carboxylic acids is 1. The lowest BCUT2D eigenvalue weighted by Gasteiger charge is -2.58. The van der Waals surface area contributed by atoms with E-state index in [2.05, 4.69) is 67.4 Å². The highest BCUT2D eigenvalue weighted by atomic mass is 32.2. The molecule has 6 rings (SSSR count). The third kappa shape index (κ3) is 12.2. The molecule has 6 atom stereocenters. The summed E-state index contributed by atoms with van der Waals surface area (Å²) in [5.41, 5.74) is 2.94. The fourth-order valence-corrected chi connectivity index (χ4v) is 11.3. The van der Waals surface area contributed by atoms with Gasteiger partial charge < -0.3 is 34.6 Å². The molecular formula is C52H72N2O7S. The zero-order valence-corrected chi connectivity index (χ0v) is 38.2. The number of fused-ring (bicyclic) bond motifs is 3. The van der Waals surface area contributed by atoms with E-state index in [4.69, 9.17) is 24.2 Å². The number of ether oxygens (including phenoxy) is 3. The summed E-state index contributed by atoms with van der Waals surface area (Å²) in [5, 5.41) is 29.7. The second-order valence-corrected chi connectivity index (χ2v) is 18.6. The molecule has 3 aromatic carbocycles. The maximum Gasteiger partial charge on any atom is 0.412 e. The highest BCUT2D eigenvalue weighted by Gasteiger charge is 2.64. The van der Waals surface area contributed by atoms with Gasteiger partial charge in [0.1, 0.15) is 18.1 Å². The average molecular weight is 869 g/mol. The van der Waals surface area contributed by atoms with Gasteiger partial charge in [0.25, 0.3) is 0 Å². The fraction of sp³-hybridized carbons (Fsp3) is 0.577. The summed E-state index contributed by atoms with van der Waals surface area (Å²) < 4.78 is 20.4. The number of aliphatic hydroxyl groups excluding tert-OH is 2. The molecule has 10 heteroatoms. The normalized spacial score (nSPS) is 23.3. The Morgan fingerprint density at radius 3 is 2.34 bits per heavy atom. The van der Waals surface area contributed by atoms with E-state index in [-0.39, 0.29) is 48.7 Å². The average Bonchev–Trinajstić information content (AvgIpc) is 3.28. The van der Waals surface area contributed by atoms with Crippen molar-refractivity contribution >= 4 is 34.3 Å². The molecule has 3 N–H and O–H groups in total. The van der Waals surface area contributed by atoms with Gasteiger partial charge in [-0.3, -0.25) is 0 Å². The van der Waals surface area contributed by atoms with Crippen LogP contribution >= 0.6 is 11.8 Å². The summed E-state index contributed by atoms with van der Waals surface area (Å²) in [6.07, 6.45) is 21.6. The fourth-order valence-electron chi connectivity index (χ4n) is 9.98. The zero-order valence-electron chi connectivity index (χ0n) is 37.4. The number of thioether (sulfide) groups is 1. The minimum absolute atomic E-state index is 0.105. The SMILES string of the molecule is C=CCOC12Oc3ccc(OC(=O)NCCCCCCCCCCCC)cc3C3C(CCCCO)C(CCCCO)C=C(C(=NOCC)CC1Sc1ccc4ccccc4c1)C32. The van der Waals surface area contributed by atoms with Gasteiger partial charge >= 0.3 is 6.09 Å². The Bertz CT molecular complexity index is 1930. The quantitative estimate of drug-likeness (QED) is 0.0394. The van der Waals surface area contributed by atoms with Crippen LogP contribution in [-0.2, 0) is 9.57 Å². The molecule has 0 aromatic heterocycles. The molecule has 1 fully saturated rings. The van der Waals surface area contributed by atoms with Crippen LogP contribution in [0.1, 0.15) is 134 Å². The Balaban J connectivity index is 1.33. The van der Waals surface area contributed by atoms with Crippen LogP contribution in [0.2, 0.25) is 0 Å². The van der Waals surface area contributed by atoms with E-state index in [1.54, 1.807) is 17.8 Å². The monoisotopic (exact) mass is 869 g/mol. The highest BCUT2D eigenvalue weighted by molar-refractivity contribution is 8.00. The zero-order chi connectivity index (χ0) is 43.6. The summed E-state index contributed by atoms with van der Waals surface area (Å²) in [4.78, 5) is 20.2. The molecule has 9 nitrogen and oxygen atoms in total. The summed E-state index contributed by atoms with van der Waals surface area (Å²) in [5.74, 6) is -0.0207. The maximum atomic E-state index is 13.3. The summed E-state index contributed by atoms with van der Waals surface area (Å²) in [6.45, 7) is 9.85. The second-order valence-electron chi connectivity index (χ2n) is 17.3. The first-order valence-corrected chi connectivity index (χ1v) is 24.7. The number of rotatable bonds is 27. The van der Waals surface area contributed by atoms with Gasteiger partial charge in [0.2, 0.25) is 5.79 Å². The van der Waals surface area contributed by atoms with E-state index < -0.39 is 11.9 Å². The van der Waals surface area contributed by atoms with Crippen molar-refractivity contribution in [3.63, 3.8) is 0 Å². The van der Waals surface area contributed by atoms with Gasteiger partial charge in [0.05, 0.1) is 23.5 Å². The molecule has 1 heterocycles. The molecule has 0 saturated heterocycles. The minimum atomic E-state index is -1.11. The van der Waals surface area contributed by atoms with Crippen LogP contribution < -0.4 is 14.8 Å². The number of nitrogens with one attached hydrogen (secondary N) is 1. The second kappa shape index (κ2) is 24.9. The van der Waals surface area contributed by atoms with Crippen molar-refractivity contribution in [2.75, 3.05) is 33.0 Å². The van der Waals surface area contributed by atoms with Crippen LogP contribution in [0.15, 0.2) is 95.0 Å². The van der Waals surface area contributed by atoms with Gasteiger partial charge in [0, 0.05) is 42.6 Å². The molecule has 1 aliphatic heterocycles. The Morgan fingerprint density at radius 2 is 1.61 bits per heavy atom. The third-order valence-corrected chi connectivity index (χ3v) is 14.2. The number of unbranched alkanes of at least 4 members (excludes halogenated alkanes) is 11. The number of hydrogen-bond donors (Lipinski definition) is 3. The van der Waals surface area contributed by atoms with Crippen molar-refractivity contribution in [3.05, 3.63) is 90.5 Å². The molecule has 3 aromatic rings. The lowest BCUT2D eigenvalue weighted by atomic mass is 9.56. The standard InChI is InChI=1S/C52H72N2O7S/c1-4-7-8-9-10-11-12-13-14-19-30-53-51(57)60-41-27-29-47-45(36-41)49-43(25-18-21-32-56)40(24-17-20-31-55)35-44-46(54-59-6-3)37-48(52(61-47,50(44)49)58-33-5-2)62-42-28-26-38-22-15-16-23-39(38)34-42/h5,15-16,22-23,26-29,34-36,40,43,48-50,55-56H,2,4,6-14,17-21,24-25,30-33,37H2,1,3H3,(H,53,57). The molecule has 2 aliphatic carbocycles. The van der Waals surface area contributed by atoms with Crippen molar-refractivity contribution in [1.29, 1.82) is 0 Å². The first-order chi connectivity index (χ1) is 30.5. The van der Waals surface area contributed by atoms with Gasteiger partial charge in [-0.2, -0.15) is 0 Å². The van der Waals surface area contributed by atoms with Gasteiger partial charge in [-0.1, -0.05) is 125 Å². The molecule has 338 valence electrons. The number of oxime groups is 1. The van der Waals surface area contributed by atoms with E-state index >= 15 is 0 Å². The van der Waals surface area contributed by atoms with Crippen LogP contribution in [0.3, 0.4) is 0 Å². The van der Waals surface area contributed by atoms with Crippen LogP contribution in [0, 0.1) is 17.8 Å². The predicted molar refractivity (Wildman–Crippen MR) is 252 cm³/mol. The number of hydrogen-bond acceptors (Lipinski definition) is 9. The van der Waals surface area contributed by atoms with E-state index in [0.29, 0.717) is 37.5 Å². The molecule has 6 unspecified atom stereocenters. The van der Waals surface area contributed by atoms with Crippen molar-refractivity contribution in [2.24, 2.45) is 22.9 Å². The number of allylic oxidation sites excluding steroid dienone is 1. The Labute approximate surface area is 375 Å². The number of nitrogens with zero attached hydrogens (tertiary/aromatic N) is 1. The van der Waals surface area contributed by atoms with Gasteiger partial charge in [-0.25, -0.2) is 4.79 Å². The van der Waals surface area contributed by atoms with Crippen molar-refractivity contribution in [1.82, 2.24) is 5.32 Å². The Morgan fingerprint density at radius 1 is 0.887 bits per heavy atom. The summed E-state index contributed by atoms with van der Waals surface area (Å²) in [7, 11) is 0. The number of carbonyl (C=O) groups is 1. The molecule has 62 heavy (non-hydrogen) atoms. The van der Waals surface area contributed by atoms with Crippen LogP contribution in [0.5, 0.6) is 11.5 Å².